The van der Waals surface area contributed by atoms with Crippen LogP contribution in [0, 0.1) is 0 Å². The molecule has 0 bridgehead atoms. The molecule has 6 N–H and O–H groups in total. The molecule has 2 aromatic heterocycles. The summed E-state index contributed by atoms with van der Waals surface area (Å²) in [6, 6.07) is 7.04. The standard InChI is InChI=1S/C22H24ClN9O/c23-14-6-3-7-15(10-14)28-17(24)8-9-18-30-19(32-31-18)12-27-22(33)20-21(25)26-11-16(29-20)13-4-1-2-5-13/h3,6-11,13H,1-2,4-5,12H2,(H2,24,28)(H2,25,26)(H,27,33)(H,30,31,32)/b9-8-. The van der Waals surface area contributed by atoms with Gasteiger partial charge in [0.1, 0.15) is 11.7 Å². The molecule has 1 saturated carbocycles. The van der Waals surface area contributed by atoms with Crippen LogP contribution < -0.4 is 16.8 Å². The zero-order valence-corrected chi connectivity index (χ0v) is 18.6. The summed E-state index contributed by atoms with van der Waals surface area (Å²) in [4.78, 5) is 29.8. The fourth-order valence-electron chi connectivity index (χ4n) is 3.60. The van der Waals surface area contributed by atoms with Crippen molar-refractivity contribution in [1.82, 2.24) is 30.5 Å². The number of carbonyl (C=O) groups excluding carboxylic acids is 1. The highest BCUT2D eigenvalue weighted by Crippen LogP contribution is 2.33. The lowest BCUT2D eigenvalue weighted by Gasteiger charge is -2.11. The summed E-state index contributed by atoms with van der Waals surface area (Å²) >= 11 is 5.94. The summed E-state index contributed by atoms with van der Waals surface area (Å²) in [5.41, 5.74) is 13.4. The van der Waals surface area contributed by atoms with Crippen LogP contribution in [0.1, 0.15) is 59.4 Å². The van der Waals surface area contributed by atoms with E-state index in [2.05, 4.69) is 35.5 Å². The van der Waals surface area contributed by atoms with Crippen LogP contribution in [0.2, 0.25) is 5.02 Å². The van der Waals surface area contributed by atoms with Crippen LogP contribution in [0.3, 0.4) is 0 Å². The van der Waals surface area contributed by atoms with Gasteiger partial charge in [0.2, 0.25) is 0 Å². The van der Waals surface area contributed by atoms with E-state index in [1.165, 1.54) is 12.8 Å². The van der Waals surface area contributed by atoms with Crippen molar-refractivity contribution < 1.29 is 4.79 Å². The molecule has 0 aliphatic heterocycles. The molecule has 0 atom stereocenters. The largest absolute Gasteiger partial charge is 0.384 e. The van der Waals surface area contributed by atoms with Gasteiger partial charge in [-0.1, -0.05) is 30.5 Å². The zero-order valence-electron chi connectivity index (χ0n) is 17.8. The number of hydrogen-bond acceptors (Lipinski definition) is 7. The number of benzene rings is 1. The van der Waals surface area contributed by atoms with Crippen LogP contribution in [0.4, 0.5) is 11.5 Å². The molecular weight excluding hydrogens is 442 g/mol. The summed E-state index contributed by atoms with van der Waals surface area (Å²) in [6.45, 7) is 0.126. The Kier molecular flexibility index (Phi) is 6.94. The van der Waals surface area contributed by atoms with Crippen LogP contribution in [0.25, 0.3) is 6.08 Å². The Hall–Kier alpha value is -3.79. The lowest BCUT2D eigenvalue weighted by atomic mass is 10.0. The first-order valence-electron chi connectivity index (χ1n) is 10.6. The number of rotatable bonds is 7. The van der Waals surface area contributed by atoms with Gasteiger partial charge in [0.15, 0.2) is 17.3 Å². The van der Waals surface area contributed by atoms with E-state index in [1.54, 1.807) is 42.6 Å². The molecule has 11 heteroatoms. The maximum absolute atomic E-state index is 12.6. The van der Waals surface area contributed by atoms with Crippen molar-refractivity contribution in [2.45, 2.75) is 38.1 Å². The van der Waals surface area contributed by atoms with Crippen LogP contribution in [0.15, 0.2) is 41.5 Å². The highest BCUT2D eigenvalue weighted by atomic mass is 35.5. The van der Waals surface area contributed by atoms with E-state index in [0.717, 1.165) is 18.5 Å². The minimum Gasteiger partial charge on any atom is -0.384 e. The number of carbonyl (C=O) groups is 1. The number of nitrogens with zero attached hydrogens (tertiary/aromatic N) is 5. The zero-order chi connectivity index (χ0) is 23.2. The molecule has 2 heterocycles. The Morgan fingerprint density at radius 3 is 2.91 bits per heavy atom. The van der Waals surface area contributed by atoms with Gasteiger partial charge in [0.05, 0.1) is 24.1 Å². The van der Waals surface area contributed by atoms with Crippen LogP contribution >= 0.6 is 11.6 Å². The quantitative estimate of drug-likeness (QED) is 0.307. The molecule has 0 spiro atoms. The van der Waals surface area contributed by atoms with Gasteiger partial charge in [-0.05, 0) is 43.2 Å². The van der Waals surface area contributed by atoms with Gasteiger partial charge in [-0.3, -0.25) is 9.89 Å². The van der Waals surface area contributed by atoms with E-state index >= 15 is 0 Å². The fraction of sp³-hybridized carbons (Fsp3) is 0.273. The first-order valence-corrected chi connectivity index (χ1v) is 11.0. The SMILES string of the molecule is NC(/C=C\c1n[nH]c(CNC(=O)c2nc(C3CCCC3)cnc2N)n1)=Nc1cccc(Cl)c1. The molecule has 0 radical (unpaired) electrons. The number of aliphatic imine (C=N–C) groups is 1. The normalized spacial score (nSPS) is 14.8. The molecule has 1 amide bonds. The minimum absolute atomic E-state index is 0.102. The maximum Gasteiger partial charge on any atom is 0.274 e. The number of aromatic nitrogens is 5. The number of anilines is 1. The summed E-state index contributed by atoms with van der Waals surface area (Å²) < 4.78 is 0. The first-order chi connectivity index (χ1) is 16.0. The number of nitrogens with one attached hydrogen (secondary N) is 2. The van der Waals surface area contributed by atoms with E-state index in [1.807, 2.05) is 0 Å². The number of nitrogen functional groups attached to an aromatic ring is 1. The third-order valence-corrected chi connectivity index (χ3v) is 5.48. The Morgan fingerprint density at radius 2 is 2.12 bits per heavy atom. The van der Waals surface area contributed by atoms with Crippen molar-refractivity contribution in [2.75, 3.05) is 5.73 Å². The molecule has 4 rings (SSSR count). The average molecular weight is 466 g/mol. The van der Waals surface area contributed by atoms with Crippen LogP contribution in [-0.2, 0) is 6.54 Å². The first kappa shape index (κ1) is 22.4. The molecule has 1 aromatic carbocycles. The van der Waals surface area contributed by atoms with Gasteiger partial charge in [0, 0.05) is 10.9 Å². The van der Waals surface area contributed by atoms with Crippen LogP contribution in [0.5, 0.6) is 0 Å². The second kappa shape index (κ2) is 10.2. The Balaban J connectivity index is 1.35. The molecule has 0 saturated heterocycles. The minimum atomic E-state index is -0.411. The van der Waals surface area contributed by atoms with Crippen molar-refractivity contribution >= 4 is 40.9 Å². The summed E-state index contributed by atoms with van der Waals surface area (Å²) in [7, 11) is 0. The molecule has 0 unspecified atom stereocenters. The number of aromatic amines is 1. The van der Waals surface area contributed by atoms with Crippen molar-refractivity contribution in [1.29, 1.82) is 0 Å². The lowest BCUT2D eigenvalue weighted by molar-refractivity contribution is 0.0945. The van der Waals surface area contributed by atoms with Gasteiger partial charge in [-0.25, -0.2) is 19.9 Å². The maximum atomic E-state index is 12.6. The number of nitrogens with two attached hydrogens (primary N) is 2. The molecule has 1 aliphatic carbocycles. The number of amides is 1. The van der Waals surface area contributed by atoms with E-state index in [9.17, 15) is 4.79 Å². The van der Waals surface area contributed by atoms with Gasteiger partial charge < -0.3 is 16.8 Å². The molecule has 3 aromatic rings. The average Bonchev–Trinajstić information content (AvgIpc) is 3.49. The molecule has 170 valence electrons. The molecule has 10 nitrogen and oxygen atoms in total. The predicted octanol–water partition coefficient (Wildman–Crippen LogP) is 3.12. The van der Waals surface area contributed by atoms with E-state index in [4.69, 9.17) is 23.1 Å². The summed E-state index contributed by atoms with van der Waals surface area (Å²) in [6.07, 6.45) is 9.30. The Labute approximate surface area is 195 Å². The van der Waals surface area contributed by atoms with Crippen molar-refractivity contribution in [3.63, 3.8) is 0 Å². The smallest absolute Gasteiger partial charge is 0.274 e. The van der Waals surface area contributed by atoms with Gasteiger partial charge in [-0.15, -0.1) is 0 Å². The number of hydrogen-bond donors (Lipinski definition) is 4. The number of halogens is 1. The van der Waals surface area contributed by atoms with E-state index in [-0.39, 0.29) is 23.9 Å². The van der Waals surface area contributed by atoms with Crippen molar-refractivity contribution in [3.05, 3.63) is 64.6 Å². The van der Waals surface area contributed by atoms with Gasteiger partial charge in [-0.2, -0.15) is 5.10 Å². The van der Waals surface area contributed by atoms with Gasteiger partial charge >= 0.3 is 0 Å². The fourth-order valence-corrected chi connectivity index (χ4v) is 3.79. The second-order valence-electron chi connectivity index (χ2n) is 7.68. The Bertz CT molecular complexity index is 1200. The Morgan fingerprint density at radius 1 is 1.30 bits per heavy atom. The lowest BCUT2D eigenvalue weighted by Crippen LogP contribution is -2.26. The highest BCUT2D eigenvalue weighted by Gasteiger charge is 2.22. The van der Waals surface area contributed by atoms with Crippen molar-refractivity contribution in [3.8, 4) is 0 Å². The van der Waals surface area contributed by atoms with Gasteiger partial charge in [0.25, 0.3) is 5.91 Å². The number of amidine groups is 1. The molecule has 33 heavy (non-hydrogen) atoms. The third-order valence-electron chi connectivity index (χ3n) is 5.24. The topological polar surface area (TPSA) is 161 Å². The molecule has 1 aliphatic rings. The molecule has 1 fully saturated rings. The van der Waals surface area contributed by atoms with E-state index < -0.39 is 5.91 Å². The van der Waals surface area contributed by atoms with E-state index in [0.29, 0.717) is 28.3 Å². The summed E-state index contributed by atoms with van der Waals surface area (Å²) in [5, 5.41) is 10.2. The second-order valence-corrected chi connectivity index (χ2v) is 8.12. The highest BCUT2D eigenvalue weighted by molar-refractivity contribution is 6.30. The van der Waals surface area contributed by atoms with Crippen LogP contribution in [-0.4, -0.2) is 36.9 Å². The third kappa shape index (κ3) is 5.92. The summed E-state index contributed by atoms with van der Waals surface area (Å²) in [5.74, 6) is 1.16. The number of H-pyrrole nitrogens is 1. The molecular formula is C22H24ClN9O. The monoisotopic (exact) mass is 465 g/mol. The van der Waals surface area contributed by atoms with Crippen molar-refractivity contribution in [2.24, 2.45) is 10.7 Å². The predicted molar refractivity (Wildman–Crippen MR) is 127 cm³/mol.